The predicted octanol–water partition coefficient (Wildman–Crippen LogP) is 3.74. The van der Waals surface area contributed by atoms with E-state index in [1.54, 1.807) is 16.7 Å². The first kappa shape index (κ1) is 14.8. The van der Waals surface area contributed by atoms with E-state index in [4.69, 9.17) is 0 Å². The van der Waals surface area contributed by atoms with Crippen LogP contribution in [0.25, 0.3) is 0 Å². The zero-order valence-electron chi connectivity index (χ0n) is 12.8. The first-order valence-electron chi connectivity index (χ1n) is 7.80. The normalized spacial score (nSPS) is 26.9. The third kappa shape index (κ3) is 3.37. The SMILES string of the molecule is CSc1cccc(CN(C)C(=O)N[C@@H]2C[C@@H]3CC[C@H]2C3)c1. The molecule has 4 heteroatoms. The number of fused-ring (bicyclic) bond motifs is 2. The highest BCUT2D eigenvalue weighted by molar-refractivity contribution is 7.98. The minimum absolute atomic E-state index is 0.0714. The number of hydrogen-bond acceptors (Lipinski definition) is 2. The largest absolute Gasteiger partial charge is 0.335 e. The maximum atomic E-state index is 12.3. The Balaban J connectivity index is 1.54. The lowest BCUT2D eigenvalue weighted by Gasteiger charge is -2.26. The van der Waals surface area contributed by atoms with Gasteiger partial charge in [-0.05, 0) is 55.1 Å². The van der Waals surface area contributed by atoms with Crippen molar-refractivity contribution in [1.82, 2.24) is 10.2 Å². The summed E-state index contributed by atoms with van der Waals surface area (Å²) in [5, 5.41) is 3.24. The van der Waals surface area contributed by atoms with E-state index in [0.29, 0.717) is 12.6 Å². The lowest BCUT2D eigenvalue weighted by molar-refractivity contribution is 0.197. The number of carbonyl (C=O) groups excluding carboxylic acids is 1. The van der Waals surface area contributed by atoms with Gasteiger partial charge in [0.2, 0.25) is 0 Å². The summed E-state index contributed by atoms with van der Waals surface area (Å²) in [4.78, 5) is 15.4. The highest BCUT2D eigenvalue weighted by atomic mass is 32.2. The molecule has 0 saturated heterocycles. The van der Waals surface area contributed by atoms with Gasteiger partial charge in [0.25, 0.3) is 0 Å². The lowest BCUT2D eigenvalue weighted by Crippen LogP contribution is -2.44. The molecule has 3 rings (SSSR count). The Morgan fingerprint density at radius 2 is 2.24 bits per heavy atom. The average Bonchev–Trinajstić information content (AvgIpc) is 3.10. The molecule has 114 valence electrons. The molecular weight excluding hydrogens is 280 g/mol. The molecular formula is C17H24N2OS. The number of carbonyl (C=O) groups is 1. The van der Waals surface area contributed by atoms with Crippen LogP contribution in [0.2, 0.25) is 0 Å². The number of nitrogens with zero attached hydrogens (tertiary/aromatic N) is 1. The van der Waals surface area contributed by atoms with Crippen molar-refractivity contribution in [3.05, 3.63) is 29.8 Å². The maximum absolute atomic E-state index is 12.3. The van der Waals surface area contributed by atoms with Crippen molar-refractivity contribution in [2.24, 2.45) is 11.8 Å². The Kier molecular flexibility index (Phi) is 4.43. The van der Waals surface area contributed by atoms with Crippen molar-refractivity contribution in [1.29, 1.82) is 0 Å². The van der Waals surface area contributed by atoms with Crippen LogP contribution in [0.1, 0.15) is 31.2 Å². The number of thioether (sulfide) groups is 1. The summed E-state index contributed by atoms with van der Waals surface area (Å²) in [6.07, 6.45) is 7.25. The molecule has 3 nitrogen and oxygen atoms in total. The lowest BCUT2D eigenvalue weighted by atomic mass is 9.95. The molecule has 1 N–H and O–H groups in total. The molecule has 2 aliphatic carbocycles. The molecule has 0 heterocycles. The molecule has 0 unspecified atom stereocenters. The van der Waals surface area contributed by atoms with E-state index in [2.05, 4.69) is 35.8 Å². The van der Waals surface area contributed by atoms with Crippen molar-refractivity contribution in [3.63, 3.8) is 0 Å². The van der Waals surface area contributed by atoms with E-state index in [-0.39, 0.29) is 6.03 Å². The fourth-order valence-electron chi connectivity index (χ4n) is 3.81. The number of rotatable bonds is 4. The zero-order valence-corrected chi connectivity index (χ0v) is 13.7. The van der Waals surface area contributed by atoms with Crippen LogP contribution in [0, 0.1) is 11.8 Å². The Labute approximate surface area is 131 Å². The summed E-state index contributed by atoms with van der Waals surface area (Å²) >= 11 is 1.73. The van der Waals surface area contributed by atoms with Gasteiger partial charge in [-0.3, -0.25) is 0 Å². The van der Waals surface area contributed by atoms with Gasteiger partial charge in [-0.15, -0.1) is 11.8 Å². The van der Waals surface area contributed by atoms with E-state index in [1.807, 2.05) is 7.05 Å². The number of benzene rings is 1. The molecule has 2 saturated carbocycles. The number of hydrogen-bond donors (Lipinski definition) is 1. The van der Waals surface area contributed by atoms with Crippen LogP contribution in [0.5, 0.6) is 0 Å². The van der Waals surface area contributed by atoms with Gasteiger partial charge in [-0.1, -0.05) is 18.6 Å². The van der Waals surface area contributed by atoms with Gasteiger partial charge in [0.15, 0.2) is 0 Å². The minimum atomic E-state index is 0.0714. The summed E-state index contributed by atoms with van der Waals surface area (Å²) in [5.74, 6) is 1.59. The third-order valence-electron chi connectivity index (χ3n) is 4.95. The monoisotopic (exact) mass is 304 g/mol. The molecule has 2 fully saturated rings. The van der Waals surface area contributed by atoms with Gasteiger partial charge in [-0.2, -0.15) is 0 Å². The van der Waals surface area contributed by atoms with Crippen molar-refractivity contribution in [3.8, 4) is 0 Å². The Morgan fingerprint density at radius 3 is 2.90 bits per heavy atom. The van der Waals surface area contributed by atoms with E-state index < -0.39 is 0 Å². The smallest absolute Gasteiger partial charge is 0.317 e. The molecule has 0 aromatic heterocycles. The molecule has 2 aliphatic rings. The fourth-order valence-corrected chi connectivity index (χ4v) is 4.29. The quantitative estimate of drug-likeness (QED) is 0.860. The van der Waals surface area contributed by atoms with Gasteiger partial charge >= 0.3 is 6.03 Å². The Morgan fingerprint density at radius 1 is 1.38 bits per heavy atom. The first-order valence-corrected chi connectivity index (χ1v) is 9.02. The van der Waals surface area contributed by atoms with E-state index in [0.717, 1.165) is 11.8 Å². The van der Waals surface area contributed by atoms with Crippen LogP contribution in [0.4, 0.5) is 4.79 Å². The second kappa shape index (κ2) is 6.30. The summed E-state index contributed by atoms with van der Waals surface area (Å²) in [5.41, 5.74) is 1.19. The van der Waals surface area contributed by atoms with Gasteiger partial charge in [0, 0.05) is 24.5 Å². The second-order valence-corrected chi connectivity index (χ2v) is 7.32. The van der Waals surface area contributed by atoms with Crippen LogP contribution >= 0.6 is 11.8 Å². The second-order valence-electron chi connectivity index (χ2n) is 6.44. The molecule has 21 heavy (non-hydrogen) atoms. The first-order chi connectivity index (χ1) is 10.2. The van der Waals surface area contributed by atoms with Crippen molar-refractivity contribution in [2.45, 2.75) is 43.2 Å². The molecule has 3 atom stereocenters. The minimum Gasteiger partial charge on any atom is -0.335 e. The van der Waals surface area contributed by atoms with Crippen molar-refractivity contribution >= 4 is 17.8 Å². The van der Waals surface area contributed by atoms with Crippen LogP contribution < -0.4 is 5.32 Å². The number of nitrogens with one attached hydrogen (secondary N) is 1. The summed E-state index contributed by atoms with van der Waals surface area (Å²) in [6.45, 7) is 0.668. The van der Waals surface area contributed by atoms with E-state index in [9.17, 15) is 4.79 Å². The topological polar surface area (TPSA) is 32.3 Å². The maximum Gasteiger partial charge on any atom is 0.317 e. The van der Waals surface area contributed by atoms with Gasteiger partial charge < -0.3 is 10.2 Å². The van der Waals surface area contributed by atoms with Crippen LogP contribution in [0.3, 0.4) is 0 Å². The van der Waals surface area contributed by atoms with Crippen LogP contribution in [-0.2, 0) is 6.54 Å². The average molecular weight is 304 g/mol. The van der Waals surface area contributed by atoms with E-state index in [1.165, 1.54) is 36.1 Å². The molecule has 2 amide bonds. The van der Waals surface area contributed by atoms with Gasteiger partial charge in [0.1, 0.15) is 0 Å². The molecule has 0 aliphatic heterocycles. The zero-order chi connectivity index (χ0) is 14.8. The van der Waals surface area contributed by atoms with Gasteiger partial charge in [0.05, 0.1) is 0 Å². The standard InChI is InChI=1S/C17H24N2OS/c1-19(11-13-4-3-5-15(9-13)21-2)17(20)18-16-10-12-6-7-14(16)8-12/h3-5,9,12,14,16H,6-8,10-11H2,1-2H3,(H,18,20)/t12-,14+,16-/m1/s1. The van der Waals surface area contributed by atoms with Crippen LogP contribution in [0.15, 0.2) is 29.2 Å². The highest BCUT2D eigenvalue weighted by Crippen LogP contribution is 2.44. The number of urea groups is 1. The Bertz CT molecular complexity index is 519. The van der Waals surface area contributed by atoms with Gasteiger partial charge in [-0.25, -0.2) is 4.79 Å². The number of amides is 2. The fraction of sp³-hybridized carbons (Fsp3) is 0.588. The van der Waals surface area contributed by atoms with E-state index >= 15 is 0 Å². The summed E-state index contributed by atoms with van der Waals surface area (Å²) in [6, 6.07) is 8.89. The predicted molar refractivity (Wildman–Crippen MR) is 87.5 cm³/mol. The molecule has 1 aromatic carbocycles. The van der Waals surface area contributed by atoms with Crippen molar-refractivity contribution < 1.29 is 4.79 Å². The van der Waals surface area contributed by atoms with Crippen LogP contribution in [-0.4, -0.2) is 30.3 Å². The summed E-state index contributed by atoms with van der Waals surface area (Å²) in [7, 11) is 1.88. The molecule has 1 aromatic rings. The molecule has 0 radical (unpaired) electrons. The highest BCUT2D eigenvalue weighted by Gasteiger charge is 2.40. The molecule has 0 spiro atoms. The van der Waals surface area contributed by atoms with Crippen molar-refractivity contribution in [2.75, 3.05) is 13.3 Å². The molecule has 2 bridgehead atoms. The Hall–Kier alpha value is -1.16. The third-order valence-corrected chi connectivity index (χ3v) is 5.67. The summed E-state index contributed by atoms with van der Waals surface area (Å²) < 4.78 is 0.